The molecule has 0 unspecified atom stereocenters. The number of imidazole rings is 1. The second kappa shape index (κ2) is 3.90. The second-order valence-electron chi connectivity index (χ2n) is 2.59. The van der Waals surface area contributed by atoms with Gasteiger partial charge in [0.1, 0.15) is 6.29 Å². The van der Waals surface area contributed by atoms with Gasteiger partial charge >= 0.3 is 5.69 Å². The number of carbonyl (C=O) groups is 1. The topological polar surface area (TPSA) is 44.0 Å². The van der Waals surface area contributed by atoms with Crippen LogP contribution in [0.2, 0.25) is 0 Å². The Morgan fingerprint density at radius 3 is 2.67 bits per heavy atom. The Hall–Kier alpha value is -1.32. The summed E-state index contributed by atoms with van der Waals surface area (Å²) in [5, 5.41) is 0. The Kier molecular flexibility index (Phi) is 2.85. The summed E-state index contributed by atoms with van der Waals surface area (Å²) in [5.41, 5.74) is -0.107. The lowest BCUT2D eigenvalue weighted by molar-refractivity contribution is -0.108. The van der Waals surface area contributed by atoms with Crippen molar-refractivity contribution in [2.45, 2.75) is 26.4 Å². The van der Waals surface area contributed by atoms with Crippen molar-refractivity contribution in [2.24, 2.45) is 0 Å². The zero-order valence-electron chi connectivity index (χ0n) is 7.06. The molecule has 4 heteroatoms. The second-order valence-corrected chi connectivity index (χ2v) is 2.59. The monoisotopic (exact) mass is 168 g/mol. The highest BCUT2D eigenvalue weighted by Gasteiger charge is 1.99. The predicted octanol–water partition coefficient (Wildman–Crippen LogP) is 0.259. The summed E-state index contributed by atoms with van der Waals surface area (Å²) < 4.78 is 2.99. The average Bonchev–Trinajstić information content (AvgIpc) is 2.38. The molecule has 1 heterocycles. The van der Waals surface area contributed by atoms with Gasteiger partial charge in [-0.25, -0.2) is 4.79 Å². The van der Waals surface area contributed by atoms with Gasteiger partial charge in [-0.2, -0.15) is 0 Å². The van der Waals surface area contributed by atoms with E-state index in [-0.39, 0.29) is 12.2 Å². The van der Waals surface area contributed by atoms with Crippen molar-refractivity contribution in [3.05, 3.63) is 22.9 Å². The number of rotatable bonds is 4. The summed E-state index contributed by atoms with van der Waals surface area (Å²) >= 11 is 0. The minimum absolute atomic E-state index is 0.107. The van der Waals surface area contributed by atoms with Crippen molar-refractivity contribution in [1.29, 1.82) is 0 Å². The lowest BCUT2D eigenvalue weighted by Gasteiger charge is -1.95. The number of carbonyl (C=O) groups excluding carboxylic acids is 1. The Bertz CT molecular complexity index is 311. The smallest absolute Gasteiger partial charge is 0.301 e. The van der Waals surface area contributed by atoms with Crippen LogP contribution in [0, 0.1) is 0 Å². The standard InChI is InChI=1S/C8H12N2O2/c1-2-3-9-4-5-10(6-7-11)8(9)12/h4-5,7H,2-3,6H2,1H3. The predicted molar refractivity (Wildman–Crippen MR) is 45.0 cm³/mol. The van der Waals surface area contributed by atoms with E-state index in [9.17, 15) is 9.59 Å². The first kappa shape index (κ1) is 8.77. The van der Waals surface area contributed by atoms with Crippen molar-refractivity contribution in [3.63, 3.8) is 0 Å². The van der Waals surface area contributed by atoms with Gasteiger partial charge in [0.15, 0.2) is 0 Å². The summed E-state index contributed by atoms with van der Waals surface area (Å²) in [6.45, 7) is 2.86. The van der Waals surface area contributed by atoms with E-state index in [0.717, 1.165) is 12.7 Å². The maximum absolute atomic E-state index is 11.3. The van der Waals surface area contributed by atoms with Crippen molar-refractivity contribution >= 4 is 6.29 Å². The van der Waals surface area contributed by atoms with Crippen LogP contribution in [0.4, 0.5) is 0 Å². The van der Waals surface area contributed by atoms with Gasteiger partial charge in [0, 0.05) is 18.9 Å². The van der Waals surface area contributed by atoms with Crippen LogP contribution in [-0.2, 0) is 17.9 Å². The molecule has 0 radical (unpaired) electrons. The van der Waals surface area contributed by atoms with Gasteiger partial charge in [0.25, 0.3) is 0 Å². The van der Waals surface area contributed by atoms with E-state index in [1.807, 2.05) is 6.92 Å². The van der Waals surface area contributed by atoms with Crippen LogP contribution in [-0.4, -0.2) is 15.4 Å². The van der Waals surface area contributed by atoms with Gasteiger partial charge in [0.05, 0.1) is 6.54 Å². The molecule has 0 aliphatic carbocycles. The molecule has 0 aliphatic rings. The van der Waals surface area contributed by atoms with Gasteiger partial charge in [-0.05, 0) is 6.42 Å². The number of aldehydes is 1. The van der Waals surface area contributed by atoms with E-state index >= 15 is 0 Å². The molecular formula is C8H12N2O2. The first-order valence-electron chi connectivity index (χ1n) is 3.98. The van der Waals surface area contributed by atoms with E-state index in [1.165, 1.54) is 4.57 Å². The lowest BCUT2D eigenvalue weighted by atomic mass is 10.5. The molecule has 0 aromatic carbocycles. The van der Waals surface area contributed by atoms with E-state index in [0.29, 0.717) is 6.54 Å². The van der Waals surface area contributed by atoms with Crippen LogP contribution in [0.1, 0.15) is 13.3 Å². The molecule has 0 saturated carbocycles. The average molecular weight is 168 g/mol. The van der Waals surface area contributed by atoms with Gasteiger partial charge in [-0.3, -0.25) is 9.13 Å². The zero-order valence-corrected chi connectivity index (χ0v) is 7.06. The van der Waals surface area contributed by atoms with Crippen molar-refractivity contribution in [3.8, 4) is 0 Å². The summed E-state index contributed by atoms with van der Waals surface area (Å²) in [5.74, 6) is 0. The highest BCUT2D eigenvalue weighted by atomic mass is 16.2. The minimum Gasteiger partial charge on any atom is -0.301 e. The maximum atomic E-state index is 11.3. The van der Waals surface area contributed by atoms with Crippen LogP contribution in [0.15, 0.2) is 17.2 Å². The zero-order chi connectivity index (χ0) is 8.97. The fourth-order valence-electron chi connectivity index (χ4n) is 1.08. The van der Waals surface area contributed by atoms with Gasteiger partial charge < -0.3 is 4.79 Å². The third kappa shape index (κ3) is 1.64. The summed E-state index contributed by atoms with van der Waals surface area (Å²) in [6.07, 6.45) is 4.98. The van der Waals surface area contributed by atoms with E-state index < -0.39 is 0 Å². The molecule has 1 rings (SSSR count). The summed E-state index contributed by atoms with van der Waals surface area (Å²) in [6, 6.07) is 0. The van der Waals surface area contributed by atoms with Gasteiger partial charge in [0.2, 0.25) is 0 Å². The molecule has 0 spiro atoms. The van der Waals surface area contributed by atoms with Crippen LogP contribution in [0.5, 0.6) is 0 Å². The first-order valence-corrected chi connectivity index (χ1v) is 3.98. The Morgan fingerprint density at radius 1 is 1.42 bits per heavy atom. The first-order chi connectivity index (χ1) is 5.79. The molecule has 1 aromatic heterocycles. The Balaban J connectivity index is 2.88. The molecule has 4 nitrogen and oxygen atoms in total. The number of aromatic nitrogens is 2. The van der Waals surface area contributed by atoms with Crippen LogP contribution < -0.4 is 5.69 Å². The highest BCUT2D eigenvalue weighted by Crippen LogP contribution is 1.86. The van der Waals surface area contributed by atoms with E-state index in [4.69, 9.17) is 0 Å². The number of aryl methyl sites for hydroxylation is 1. The fraction of sp³-hybridized carbons (Fsp3) is 0.500. The SMILES string of the molecule is CCCn1ccn(CC=O)c1=O. The highest BCUT2D eigenvalue weighted by molar-refractivity contribution is 5.48. The Labute approximate surface area is 70.4 Å². The molecule has 12 heavy (non-hydrogen) atoms. The molecule has 0 saturated heterocycles. The van der Waals surface area contributed by atoms with Crippen LogP contribution in [0.25, 0.3) is 0 Å². The van der Waals surface area contributed by atoms with E-state index in [2.05, 4.69) is 0 Å². The molecular weight excluding hydrogens is 156 g/mol. The molecule has 0 N–H and O–H groups in total. The normalized spacial score (nSPS) is 10.1. The third-order valence-corrected chi connectivity index (χ3v) is 1.65. The fourth-order valence-corrected chi connectivity index (χ4v) is 1.08. The minimum atomic E-state index is -0.107. The van der Waals surface area contributed by atoms with Crippen molar-refractivity contribution in [1.82, 2.24) is 9.13 Å². The molecule has 0 aliphatic heterocycles. The molecule has 0 bridgehead atoms. The molecule has 0 amide bonds. The molecule has 1 aromatic rings. The van der Waals surface area contributed by atoms with Crippen LogP contribution in [0.3, 0.4) is 0 Å². The third-order valence-electron chi connectivity index (χ3n) is 1.65. The Morgan fingerprint density at radius 2 is 2.08 bits per heavy atom. The van der Waals surface area contributed by atoms with Gasteiger partial charge in [-0.1, -0.05) is 6.92 Å². The summed E-state index contributed by atoms with van der Waals surface area (Å²) in [4.78, 5) is 21.4. The largest absolute Gasteiger partial charge is 0.328 e. The lowest BCUT2D eigenvalue weighted by Crippen LogP contribution is -2.24. The van der Waals surface area contributed by atoms with Crippen LogP contribution >= 0.6 is 0 Å². The number of hydrogen-bond acceptors (Lipinski definition) is 2. The number of nitrogens with zero attached hydrogens (tertiary/aromatic N) is 2. The van der Waals surface area contributed by atoms with Crippen molar-refractivity contribution in [2.75, 3.05) is 0 Å². The van der Waals surface area contributed by atoms with Crippen molar-refractivity contribution < 1.29 is 4.79 Å². The number of hydrogen-bond donors (Lipinski definition) is 0. The molecule has 0 fully saturated rings. The maximum Gasteiger partial charge on any atom is 0.328 e. The van der Waals surface area contributed by atoms with E-state index in [1.54, 1.807) is 17.0 Å². The van der Waals surface area contributed by atoms with Gasteiger partial charge in [-0.15, -0.1) is 0 Å². The summed E-state index contributed by atoms with van der Waals surface area (Å²) in [7, 11) is 0. The quantitative estimate of drug-likeness (QED) is 0.605. The molecule has 0 atom stereocenters. The molecule has 66 valence electrons.